The van der Waals surface area contributed by atoms with E-state index in [0.717, 1.165) is 24.2 Å². The first-order chi connectivity index (χ1) is 12.7. The molecule has 7 heteroatoms. The number of nitrogens with zero attached hydrogens (tertiary/aromatic N) is 3. The molecule has 0 spiro atoms. The predicted molar refractivity (Wildman–Crippen MR) is 100 cm³/mol. The van der Waals surface area contributed by atoms with Gasteiger partial charge in [0.05, 0.1) is 18.8 Å². The molecule has 134 valence electrons. The summed E-state index contributed by atoms with van der Waals surface area (Å²) in [5.41, 5.74) is 0.884. The molecule has 1 aromatic carbocycles. The van der Waals surface area contributed by atoms with Crippen LogP contribution >= 0.6 is 11.3 Å². The van der Waals surface area contributed by atoms with Crippen LogP contribution in [0.15, 0.2) is 46.8 Å². The molecule has 1 aliphatic carbocycles. The van der Waals surface area contributed by atoms with E-state index in [4.69, 9.17) is 4.74 Å². The molecule has 1 fully saturated rings. The second-order valence-corrected chi connectivity index (χ2v) is 7.31. The molecule has 6 nitrogen and oxygen atoms in total. The Morgan fingerprint density at radius 1 is 1.31 bits per heavy atom. The quantitative estimate of drug-likeness (QED) is 0.670. The monoisotopic (exact) mass is 369 g/mol. The molecule has 1 amide bonds. The van der Waals surface area contributed by atoms with Crippen molar-refractivity contribution in [3.8, 4) is 5.75 Å². The minimum Gasteiger partial charge on any atom is -0.497 e. The normalized spacial score (nSPS) is 13.7. The first-order valence-corrected chi connectivity index (χ1v) is 9.38. The van der Waals surface area contributed by atoms with Gasteiger partial charge in [-0.15, -0.1) is 11.3 Å². The summed E-state index contributed by atoms with van der Waals surface area (Å²) >= 11 is 1.42. The van der Waals surface area contributed by atoms with Crippen LogP contribution in [0.1, 0.15) is 18.4 Å². The van der Waals surface area contributed by atoms with Crippen molar-refractivity contribution in [1.29, 1.82) is 0 Å². The Hall–Kier alpha value is -2.67. The molecule has 2 aromatic heterocycles. The molecule has 0 saturated heterocycles. The molecule has 0 aliphatic heterocycles. The minimum absolute atomic E-state index is 0.0181. The van der Waals surface area contributed by atoms with Crippen molar-refractivity contribution in [2.24, 2.45) is 0 Å². The van der Waals surface area contributed by atoms with Gasteiger partial charge < -0.3 is 9.64 Å². The number of amides is 1. The Kier molecular flexibility index (Phi) is 4.46. The summed E-state index contributed by atoms with van der Waals surface area (Å²) in [5.74, 6) is 0.738. The molecule has 3 aromatic rings. The molecular weight excluding hydrogens is 350 g/mol. The fraction of sp³-hybridized carbons (Fsp3) is 0.316. The highest BCUT2D eigenvalue weighted by Crippen LogP contribution is 2.29. The Bertz CT molecular complexity index is 989. The maximum atomic E-state index is 12.9. The number of benzene rings is 1. The lowest BCUT2D eigenvalue weighted by atomic mass is 10.2. The summed E-state index contributed by atoms with van der Waals surface area (Å²) in [7, 11) is 1.63. The molecule has 0 bridgehead atoms. The zero-order valence-corrected chi connectivity index (χ0v) is 15.2. The molecule has 1 aliphatic rings. The van der Waals surface area contributed by atoms with Crippen LogP contribution in [-0.2, 0) is 17.9 Å². The van der Waals surface area contributed by atoms with Crippen molar-refractivity contribution in [3.63, 3.8) is 0 Å². The van der Waals surface area contributed by atoms with Crippen molar-refractivity contribution in [2.45, 2.75) is 32.0 Å². The summed E-state index contributed by atoms with van der Waals surface area (Å²) in [6.07, 6.45) is 3.49. The number of aromatic nitrogens is 2. The van der Waals surface area contributed by atoms with Crippen molar-refractivity contribution in [2.75, 3.05) is 7.11 Å². The second kappa shape index (κ2) is 6.92. The van der Waals surface area contributed by atoms with E-state index in [2.05, 4.69) is 4.98 Å². The SMILES string of the molecule is COc1ccc(CN(C(=O)Cn2cnc3sccc3c2=O)C2CC2)cc1. The fourth-order valence-corrected chi connectivity index (χ4v) is 3.70. The third kappa shape index (κ3) is 3.35. The highest BCUT2D eigenvalue weighted by atomic mass is 32.1. The van der Waals surface area contributed by atoms with E-state index in [-0.39, 0.29) is 24.1 Å². The number of rotatable bonds is 6. The van der Waals surface area contributed by atoms with Gasteiger partial charge >= 0.3 is 0 Å². The Labute approximate surface area is 154 Å². The largest absolute Gasteiger partial charge is 0.497 e. The van der Waals surface area contributed by atoms with E-state index in [1.807, 2.05) is 34.5 Å². The number of methoxy groups -OCH3 is 1. The van der Waals surface area contributed by atoms with Crippen molar-refractivity contribution in [3.05, 3.63) is 58.0 Å². The topological polar surface area (TPSA) is 64.4 Å². The van der Waals surface area contributed by atoms with E-state index in [1.165, 1.54) is 22.2 Å². The lowest BCUT2D eigenvalue weighted by Gasteiger charge is -2.23. The van der Waals surface area contributed by atoms with E-state index in [9.17, 15) is 9.59 Å². The van der Waals surface area contributed by atoms with Crippen LogP contribution in [0.2, 0.25) is 0 Å². The van der Waals surface area contributed by atoms with E-state index in [1.54, 1.807) is 13.2 Å². The molecular formula is C19H19N3O3S. The molecule has 0 radical (unpaired) electrons. The van der Waals surface area contributed by atoms with Gasteiger partial charge in [-0.05, 0) is 42.0 Å². The number of fused-ring (bicyclic) bond motifs is 1. The summed E-state index contributed by atoms with van der Waals surface area (Å²) < 4.78 is 6.58. The van der Waals surface area contributed by atoms with E-state index >= 15 is 0 Å². The zero-order chi connectivity index (χ0) is 18.1. The Morgan fingerprint density at radius 2 is 2.08 bits per heavy atom. The standard InChI is InChI=1S/C19H19N3O3S/c1-25-15-6-2-13(3-7-15)10-22(14-4-5-14)17(23)11-21-12-20-18-16(19(21)24)8-9-26-18/h2-3,6-9,12,14H,4-5,10-11H2,1H3. The van der Waals surface area contributed by atoms with Gasteiger partial charge in [0.25, 0.3) is 5.56 Å². The average molecular weight is 369 g/mol. The highest BCUT2D eigenvalue weighted by molar-refractivity contribution is 7.16. The van der Waals surface area contributed by atoms with Crippen molar-refractivity contribution in [1.82, 2.24) is 14.5 Å². The molecule has 0 unspecified atom stereocenters. The predicted octanol–water partition coefficient (Wildman–Crippen LogP) is 2.66. The van der Waals surface area contributed by atoms with Crippen LogP contribution in [-0.4, -0.2) is 33.5 Å². The number of hydrogen-bond donors (Lipinski definition) is 0. The maximum Gasteiger partial charge on any atom is 0.262 e. The van der Waals surface area contributed by atoms with Crippen LogP contribution in [0.25, 0.3) is 10.2 Å². The second-order valence-electron chi connectivity index (χ2n) is 6.42. The summed E-state index contributed by atoms with van der Waals surface area (Å²) in [6.45, 7) is 0.556. The van der Waals surface area contributed by atoms with Crippen LogP contribution in [0.5, 0.6) is 5.75 Å². The molecule has 2 heterocycles. The van der Waals surface area contributed by atoms with Gasteiger partial charge in [-0.2, -0.15) is 0 Å². The number of carbonyl (C=O) groups is 1. The van der Waals surface area contributed by atoms with Gasteiger partial charge in [0.15, 0.2) is 0 Å². The van der Waals surface area contributed by atoms with Crippen molar-refractivity contribution < 1.29 is 9.53 Å². The third-order valence-electron chi connectivity index (χ3n) is 4.58. The summed E-state index contributed by atoms with van der Waals surface area (Å²) in [4.78, 5) is 32.2. The fourth-order valence-electron chi connectivity index (χ4n) is 2.98. The third-order valence-corrected chi connectivity index (χ3v) is 5.40. The van der Waals surface area contributed by atoms with Crippen LogP contribution in [0.4, 0.5) is 0 Å². The first-order valence-electron chi connectivity index (χ1n) is 8.51. The van der Waals surface area contributed by atoms with Gasteiger partial charge in [-0.25, -0.2) is 4.98 Å². The molecule has 26 heavy (non-hydrogen) atoms. The lowest BCUT2D eigenvalue weighted by molar-refractivity contribution is -0.133. The molecule has 0 atom stereocenters. The van der Waals surface area contributed by atoms with Gasteiger partial charge in [-0.1, -0.05) is 12.1 Å². The van der Waals surface area contributed by atoms with Gasteiger partial charge in [0, 0.05) is 12.6 Å². The first kappa shape index (κ1) is 16.8. The van der Waals surface area contributed by atoms with E-state index < -0.39 is 0 Å². The maximum absolute atomic E-state index is 12.9. The van der Waals surface area contributed by atoms with Crippen LogP contribution in [0.3, 0.4) is 0 Å². The molecule has 0 N–H and O–H groups in total. The molecule has 4 rings (SSSR count). The Morgan fingerprint density at radius 3 is 2.77 bits per heavy atom. The zero-order valence-electron chi connectivity index (χ0n) is 14.4. The van der Waals surface area contributed by atoms with Crippen molar-refractivity contribution >= 4 is 27.5 Å². The number of hydrogen-bond acceptors (Lipinski definition) is 5. The van der Waals surface area contributed by atoms with E-state index in [0.29, 0.717) is 16.8 Å². The Balaban J connectivity index is 1.53. The summed E-state index contributed by atoms with van der Waals surface area (Å²) in [6, 6.07) is 9.73. The smallest absolute Gasteiger partial charge is 0.262 e. The number of ether oxygens (including phenoxy) is 1. The molecule has 1 saturated carbocycles. The summed E-state index contributed by atoms with van der Waals surface area (Å²) in [5, 5.41) is 2.41. The van der Waals surface area contributed by atoms with Gasteiger partial charge in [-0.3, -0.25) is 14.2 Å². The number of thiophene rings is 1. The van der Waals surface area contributed by atoms with Crippen LogP contribution in [0, 0.1) is 0 Å². The van der Waals surface area contributed by atoms with Gasteiger partial charge in [0.2, 0.25) is 5.91 Å². The average Bonchev–Trinajstić information content (AvgIpc) is 3.38. The minimum atomic E-state index is -0.162. The number of carbonyl (C=O) groups excluding carboxylic acids is 1. The lowest BCUT2D eigenvalue weighted by Crippen LogP contribution is -2.37. The highest BCUT2D eigenvalue weighted by Gasteiger charge is 2.32. The van der Waals surface area contributed by atoms with Crippen LogP contribution < -0.4 is 10.3 Å². The van der Waals surface area contributed by atoms with Gasteiger partial charge in [0.1, 0.15) is 17.1 Å².